The van der Waals surface area contributed by atoms with E-state index in [-0.39, 0.29) is 42.4 Å². The molecule has 1 N–H and O–H groups in total. The summed E-state index contributed by atoms with van der Waals surface area (Å²) < 4.78 is 86.8. The molecule has 1 aliphatic heterocycles. The van der Waals surface area contributed by atoms with Crippen LogP contribution in [0.1, 0.15) is 16.7 Å². The summed E-state index contributed by atoms with van der Waals surface area (Å²) in [6.45, 7) is -0.786. The van der Waals surface area contributed by atoms with Crippen molar-refractivity contribution < 1.29 is 40.6 Å². The lowest BCUT2D eigenvalue weighted by atomic mass is 10.00. The topological polar surface area (TPSA) is 87.2 Å². The molecule has 37 heavy (non-hydrogen) atoms. The van der Waals surface area contributed by atoms with Crippen LogP contribution in [0.2, 0.25) is 0 Å². The molecule has 0 bridgehead atoms. The van der Waals surface area contributed by atoms with Gasteiger partial charge in [0.2, 0.25) is 0 Å². The van der Waals surface area contributed by atoms with Crippen molar-refractivity contribution in [2.45, 2.75) is 30.6 Å². The van der Waals surface area contributed by atoms with Crippen LogP contribution < -0.4 is 9.04 Å². The van der Waals surface area contributed by atoms with E-state index in [1.54, 1.807) is 24.3 Å². The Hall–Kier alpha value is -3.80. The summed E-state index contributed by atoms with van der Waals surface area (Å²) in [7, 11) is -2.89. The van der Waals surface area contributed by atoms with Crippen molar-refractivity contribution in [1.29, 1.82) is 0 Å². The number of aromatic hydroxyl groups is 1. The highest BCUT2D eigenvalue weighted by Crippen LogP contribution is 2.33. The highest BCUT2D eigenvalue weighted by atomic mass is 32.2. The van der Waals surface area contributed by atoms with E-state index in [1.165, 1.54) is 25.3 Å². The number of anilines is 1. The minimum Gasteiger partial charge on any atom is -0.508 e. The van der Waals surface area contributed by atoms with Gasteiger partial charge in [0, 0.05) is 19.2 Å². The van der Waals surface area contributed by atoms with Crippen LogP contribution >= 0.6 is 0 Å². The number of hydrogen-bond acceptors (Lipinski definition) is 5. The summed E-state index contributed by atoms with van der Waals surface area (Å²) in [5.74, 6) is -2.75. The Morgan fingerprint density at radius 3 is 2.38 bits per heavy atom. The van der Waals surface area contributed by atoms with E-state index < -0.39 is 27.9 Å². The summed E-state index contributed by atoms with van der Waals surface area (Å²) >= 11 is 0. The molecule has 1 heterocycles. The lowest BCUT2D eigenvalue weighted by molar-refractivity contribution is -0.186. The van der Waals surface area contributed by atoms with Crippen LogP contribution in [-0.4, -0.2) is 44.2 Å². The third-order valence-electron chi connectivity index (χ3n) is 5.99. The summed E-state index contributed by atoms with van der Waals surface area (Å²) in [5, 5.41) is 9.61. The fraction of sp³-hybridized carbons (Fsp3) is 0.240. The molecule has 196 valence electrons. The molecule has 0 spiro atoms. The molecule has 0 aliphatic carbocycles. The van der Waals surface area contributed by atoms with Crippen molar-refractivity contribution in [3.05, 3.63) is 83.2 Å². The fourth-order valence-corrected chi connectivity index (χ4v) is 5.58. The van der Waals surface area contributed by atoms with Gasteiger partial charge in [-0.1, -0.05) is 18.2 Å². The first-order valence-corrected chi connectivity index (χ1v) is 12.5. The molecule has 3 aromatic rings. The van der Waals surface area contributed by atoms with E-state index >= 15 is 0 Å². The molecule has 4 rings (SSSR count). The number of amides is 1. The van der Waals surface area contributed by atoms with Crippen LogP contribution in [0, 0.1) is 5.82 Å². The zero-order chi connectivity index (χ0) is 27.0. The van der Waals surface area contributed by atoms with Crippen LogP contribution in [0.4, 0.5) is 23.2 Å². The molecule has 7 nitrogen and oxygen atoms in total. The number of carbonyl (C=O) groups is 1. The van der Waals surface area contributed by atoms with Crippen molar-refractivity contribution in [1.82, 2.24) is 4.90 Å². The number of phenols is 1. The van der Waals surface area contributed by atoms with E-state index in [0.717, 1.165) is 22.5 Å². The first-order valence-electron chi connectivity index (χ1n) is 11.0. The molecular weight excluding hydrogens is 516 g/mol. The second-order valence-electron chi connectivity index (χ2n) is 8.40. The van der Waals surface area contributed by atoms with Crippen LogP contribution in [-0.2, 0) is 34.3 Å². The maximum atomic E-state index is 14.8. The number of nitrogens with zero attached hydrogens (tertiary/aromatic N) is 2. The number of alkyl halides is 3. The number of ether oxygens (including phenoxy) is 1. The number of methoxy groups -OCH3 is 1. The smallest absolute Gasteiger partial charge is 0.471 e. The number of fused-ring (bicyclic) bond motifs is 1. The summed E-state index contributed by atoms with van der Waals surface area (Å²) in [6.07, 6.45) is -4.98. The molecule has 1 aliphatic rings. The van der Waals surface area contributed by atoms with Crippen LogP contribution in [0.25, 0.3) is 0 Å². The fourth-order valence-electron chi connectivity index (χ4n) is 4.06. The van der Waals surface area contributed by atoms with Gasteiger partial charge in [-0.15, -0.1) is 0 Å². The number of halogens is 4. The first-order chi connectivity index (χ1) is 17.4. The number of hydrogen-bond donors (Lipinski definition) is 1. The predicted octanol–water partition coefficient (Wildman–Crippen LogP) is 4.38. The largest absolute Gasteiger partial charge is 0.508 e. The third kappa shape index (κ3) is 5.48. The number of phenolic OH excluding ortho intramolecular Hbond substituents is 1. The van der Waals surface area contributed by atoms with Gasteiger partial charge in [-0.2, -0.15) is 13.2 Å². The maximum Gasteiger partial charge on any atom is 0.471 e. The van der Waals surface area contributed by atoms with Crippen LogP contribution in [0.15, 0.2) is 65.6 Å². The Balaban J connectivity index is 1.70. The lowest BCUT2D eigenvalue weighted by Gasteiger charge is -2.30. The maximum absolute atomic E-state index is 14.8. The molecule has 0 aromatic heterocycles. The quantitative estimate of drug-likeness (QED) is 0.471. The second-order valence-corrected chi connectivity index (χ2v) is 10.3. The molecule has 0 atom stereocenters. The molecule has 3 aromatic carbocycles. The molecule has 0 saturated carbocycles. The van der Waals surface area contributed by atoms with E-state index in [1.807, 2.05) is 0 Å². The molecule has 0 radical (unpaired) electrons. The van der Waals surface area contributed by atoms with Crippen molar-refractivity contribution in [3.63, 3.8) is 0 Å². The van der Waals surface area contributed by atoms with Gasteiger partial charge in [0.25, 0.3) is 10.0 Å². The minimum atomic E-state index is -5.00. The minimum absolute atomic E-state index is 0.0204. The van der Waals surface area contributed by atoms with Gasteiger partial charge < -0.3 is 14.7 Å². The van der Waals surface area contributed by atoms with E-state index in [4.69, 9.17) is 4.74 Å². The average Bonchev–Trinajstić information content (AvgIpc) is 2.86. The monoisotopic (exact) mass is 538 g/mol. The number of carbonyl (C=O) groups excluding carboxylic acids is 1. The van der Waals surface area contributed by atoms with Gasteiger partial charge in [0.05, 0.1) is 24.2 Å². The molecule has 0 saturated heterocycles. The normalized spacial score (nSPS) is 13.7. The molecule has 1 amide bonds. The number of benzene rings is 3. The first kappa shape index (κ1) is 26.3. The summed E-state index contributed by atoms with van der Waals surface area (Å²) in [4.78, 5) is 12.1. The second kappa shape index (κ2) is 9.92. The zero-order valence-corrected chi connectivity index (χ0v) is 20.3. The SMILES string of the molecule is COc1ccc(CN(c2ccc(O)cc2F)S(=O)(=O)c2ccc3c(c2)CCN(C(=O)C(F)(F)F)C3)cc1. The van der Waals surface area contributed by atoms with Crippen LogP contribution in [0.5, 0.6) is 11.5 Å². The van der Waals surface area contributed by atoms with Gasteiger partial charge in [0.1, 0.15) is 11.5 Å². The third-order valence-corrected chi connectivity index (χ3v) is 7.75. The van der Waals surface area contributed by atoms with Gasteiger partial charge >= 0.3 is 12.1 Å². The molecule has 0 fully saturated rings. The molecular formula is C25H22F4N2O5S. The number of sulfonamides is 1. The van der Waals surface area contributed by atoms with Gasteiger partial charge in [-0.3, -0.25) is 9.10 Å². The Morgan fingerprint density at radius 1 is 1.05 bits per heavy atom. The summed E-state index contributed by atoms with van der Waals surface area (Å²) in [6, 6.07) is 13.5. The van der Waals surface area contributed by atoms with E-state index in [9.17, 15) is 35.9 Å². The molecule has 12 heteroatoms. The van der Waals surface area contributed by atoms with Crippen molar-refractivity contribution in [2.75, 3.05) is 18.0 Å². The lowest BCUT2D eigenvalue weighted by Crippen LogP contribution is -2.43. The average molecular weight is 539 g/mol. The van der Waals surface area contributed by atoms with Crippen molar-refractivity contribution in [2.24, 2.45) is 0 Å². The Labute approximate surface area is 210 Å². The van der Waals surface area contributed by atoms with Gasteiger partial charge in [-0.05, 0) is 59.5 Å². The predicted molar refractivity (Wildman–Crippen MR) is 126 cm³/mol. The highest BCUT2D eigenvalue weighted by Gasteiger charge is 2.43. The van der Waals surface area contributed by atoms with Crippen molar-refractivity contribution in [3.8, 4) is 11.5 Å². The Bertz CT molecular complexity index is 1430. The van der Waals surface area contributed by atoms with E-state index in [0.29, 0.717) is 27.3 Å². The van der Waals surface area contributed by atoms with Crippen molar-refractivity contribution >= 4 is 21.6 Å². The van der Waals surface area contributed by atoms with Crippen LogP contribution in [0.3, 0.4) is 0 Å². The van der Waals surface area contributed by atoms with Gasteiger partial charge in [-0.25, -0.2) is 12.8 Å². The zero-order valence-electron chi connectivity index (χ0n) is 19.5. The van der Waals surface area contributed by atoms with Gasteiger partial charge in [0.15, 0.2) is 5.82 Å². The number of rotatable bonds is 6. The highest BCUT2D eigenvalue weighted by molar-refractivity contribution is 7.92. The Kier molecular flexibility index (Phi) is 7.05. The Morgan fingerprint density at radius 2 is 1.76 bits per heavy atom. The standard InChI is InChI=1S/C25H22F4N2O5S/c1-36-20-6-2-16(3-7-20)14-31(23-9-5-19(32)13-22(23)26)37(34,35)21-8-4-18-15-30(11-10-17(18)12-21)24(33)25(27,28)29/h2-9,12-13,32H,10-11,14-15H2,1H3. The summed E-state index contributed by atoms with van der Waals surface area (Å²) in [5.41, 5.74) is 1.09. The van der Waals surface area contributed by atoms with E-state index in [2.05, 4.69) is 0 Å². The molecule has 0 unspecified atom stereocenters.